The average molecular weight is 454 g/mol. The van der Waals surface area contributed by atoms with Crippen molar-refractivity contribution < 1.29 is 4.79 Å². The Kier molecular flexibility index (Phi) is 5.90. The molecule has 0 saturated heterocycles. The van der Waals surface area contributed by atoms with Crippen LogP contribution in [0.5, 0.6) is 0 Å². The van der Waals surface area contributed by atoms with E-state index in [9.17, 15) is 4.79 Å². The van der Waals surface area contributed by atoms with Gasteiger partial charge < -0.3 is 4.57 Å². The third-order valence-corrected chi connectivity index (χ3v) is 6.95. The Hall–Kier alpha value is -2.64. The van der Waals surface area contributed by atoms with E-state index in [0.717, 1.165) is 40.5 Å². The first-order chi connectivity index (χ1) is 14.8. The summed E-state index contributed by atoms with van der Waals surface area (Å²) in [6.07, 6.45) is 3.66. The van der Waals surface area contributed by atoms with Gasteiger partial charge in [-0.25, -0.2) is 0 Å². The maximum atomic E-state index is 12.8. The normalized spacial score (nSPS) is 17.5. The van der Waals surface area contributed by atoms with Crippen molar-refractivity contribution in [2.24, 2.45) is 16.0 Å². The zero-order chi connectivity index (χ0) is 22.3. The molecular formula is C23H24ClN5OS. The molecule has 0 saturated carbocycles. The number of carbonyl (C=O) groups is 1. The topological polar surface area (TPSA) is 73.8 Å². The molecule has 0 spiro atoms. The number of nitrogens with zero attached hydrogens (tertiary/aromatic N) is 4. The van der Waals surface area contributed by atoms with Gasteiger partial charge in [-0.2, -0.15) is 15.1 Å². The maximum Gasteiger partial charge on any atom is 0.283 e. The van der Waals surface area contributed by atoms with Crippen LogP contribution in [0.25, 0.3) is 11.8 Å². The van der Waals surface area contributed by atoms with Crippen molar-refractivity contribution in [3.8, 4) is 5.69 Å². The fourth-order valence-corrected chi connectivity index (χ4v) is 5.25. The second kappa shape index (κ2) is 8.48. The molecule has 2 aliphatic rings. The fourth-order valence-electron chi connectivity index (χ4n) is 3.91. The quantitative estimate of drug-likeness (QED) is 0.581. The Balaban J connectivity index is 1.71. The molecule has 0 unspecified atom stereocenters. The zero-order valence-electron chi connectivity index (χ0n) is 17.9. The van der Waals surface area contributed by atoms with Gasteiger partial charge in [0.25, 0.3) is 5.91 Å². The van der Waals surface area contributed by atoms with E-state index in [1.54, 1.807) is 6.08 Å². The van der Waals surface area contributed by atoms with Crippen LogP contribution in [0, 0.1) is 25.2 Å². The molecule has 1 aromatic heterocycles. The first kappa shape index (κ1) is 21.6. The standard InChI is InChI=1S/C23H24ClN5OS/c1-5-15(6-2)22-27-29-20(25)19(21(30)26-23(29)31-22)11-16-10-13(3)28(14(16)4)18-9-7-8-17(24)12-18/h7-12,15,25H,5-6H2,1-4H3. The Morgan fingerprint density at radius 2 is 1.97 bits per heavy atom. The van der Waals surface area contributed by atoms with Crippen LogP contribution >= 0.6 is 23.4 Å². The number of fused-ring (bicyclic) bond motifs is 1. The van der Waals surface area contributed by atoms with Crippen LogP contribution in [-0.4, -0.2) is 31.5 Å². The van der Waals surface area contributed by atoms with Crippen LogP contribution < -0.4 is 0 Å². The lowest BCUT2D eigenvalue weighted by atomic mass is 10.1. The molecule has 0 radical (unpaired) electrons. The van der Waals surface area contributed by atoms with Gasteiger partial charge in [0.05, 0.1) is 5.57 Å². The second-order valence-electron chi connectivity index (χ2n) is 7.61. The van der Waals surface area contributed by atoms with E-state index in [1.165, 1.54) is 16.8 Å². The maximum absolute atomic E-state index is 12.8. The predicted molar refractivity (Wildman–Crippen MR) is 129 cm³/mol. The number of hydrazone groups is 1. The van der Waals surface area contributed by atoms with Gasteiger partial charge >= 0.3 is 0 Å². The molecule has 8 heteroatoms. The van der Waals surface area contributed by atoms with Crippen LogP contribution in [-0.2, 0) is 4.79 Å². The largest absolute Gasteiger partial charge is 0.318 e. The van der Waals surface area contributed by atoms with Crippen LogP contribution in [0.15, 0.2) is 46.0 Å². The molecule has 160 valence electrons. The summed E-state index contributed by atoms with van der Waals surface area (Å²) in [6.45, 7) is 8.23. The van der Waals surface area contributed by atoms with Gasteiger partial charge in [0, 0.05) is 28.0 Å². The molecule has 0 aliphatic carbocycles. The number of amidine groups is 2. The predicted octanol–water partition coefficient (Wildman–Crippen LogP) is 5.80. The third kappa shape index (κ3) is 3.88. The van der Waals surface area contributed by atoms with Crippen molar-refractivity contribution in [2.45, 2.75) is 40.5 Å². The van der Waals surface area contributed by atoms with Crippen LogP contribution in [0.4, 0.5) is 0 Å². The number of halogens is 1. The lowest BCUT2D eigenvalue weighted by Crippen LogP contribution is -2.35. The summed E-state index contributed by atoms with van der Waals surface area (Å²) in [5.41, 5.74) is 4.02. The lowest BCUT2D eigenvalue weighted by Gasteiger charge is -2.20. The van der Waals surface area contributed by atoms with Crippen molar-refractivity contribution in [1.82, 2.24) is 9.58 Å². The van der Waals surface area contributed by atoms with Gasteiger partial charge in [-0.05, 0) is 74.4 Å². The van der Waals surface area contributed by atoms with Gasteiger partial charge in [-0.1, -0.05) is 31.5 Å². The summed E-state index contributed by atoms with van der Waals surface area (Å²) in [5, 5.41) is 16.8. The number of thioether (sulfide) groups is 1. The molecule has 1 N–H and O–H groups in total. The minimum Gasteiger partial charge on any atom is -0.318 e. The molecule has 0 fully saturated rings. The van der Waals surface area contributed by atoms with E-state index in [2.05, 4.69) is 28.5 Å². The fraction of sp³-hybridized carbons (Fsp3) is 0.304. The number of aliphatic imine (C=N–C) groups is 1. The van der Waals surface area contributed by atoms with Crippen LogP contribution in [0.1, 0.15) is 43.6 Å². The summed E-state index contributed by atoms with van der Waals surface area (Å²) in [6, 6.07) is 9.64. The van der Waals surface area contributed by atoms with Crippen molar-refractivity contribution in [3.63, 3.8) is 0 Å². The highest BCUT2D eigenvalue weighted by atomic mass is 35.5. The van der Waals surface area contributed by atoms with E-state index in [4.69, 9.17) is 17.0 Å². The van der Waals surface area contributed by atoms with Crippen LogP contribution in [0.3, 0.4) is 0 Å². The van der Waals surface area contributed by atoms with Crippen LogP contribution in [0.2, 0.25) is 5.02 Å². The zero-order valence-corrected chi connectivity index (χ0v) is 19.5. The number of hydrogen-bond donors (Lipinski definition) is 1. The van der Waals surface area contributed by atoms with Gasteiger partial charge in [0.15, 0.2) is 5.84 Å². The summed E-state index contributed by atoms with van der Waals surface area (Å²) in [5.74, 6) is -0.0291. The SMILES string of the molecule is CCC(CC)C1=NN2C(=N)C(=Cc3cc(C)n(-c4cccc(Cl)c4)c3C)C(=O)N=C2S1. The minimum absolute atomic E-state index is 0.0658. The number of nitrogens with one attached hydrogen (secondary N) is 1. The van der Waals surface area contributed by atoms with Gasteiger partial charge in [0.1, 0.15) is 5.04 Å². The number of aryl methyl sites for hydroxylation is 1. The van der Waals surface area contributed by atoms with Gasteiger partial charge in [-0.3, -0.25) is 10.2 Å². The summed E-state index contributed by atoms with van der Waals surface area (Å²) < 4.78 is 2.08. The lowest BCUT2D eigenvalue weighted by molar-refractivity contribution is -0.114. The molecule has 4 rings (SSSR count). The molecule has 1 aromatic carbocycles. The number of benzene rings is 1. The van der Waals surface area contributed by atoms with E-state index in [-0.39, 0.29) is 11.4 Å². The van der Waals surface area contributed by atoms with E-state index in [1.807, 2.05) is 44.2 Å². The number of carbonyl (C=O) groups excluding carboxylic acids is 1. The summed E-state index contributed by atoms with van der Waals surface area (Å²) in [7, 11) is 0. The summed E-state index contributed by atoms with van der Waals surface area (Å²) in [4.78, 5) is 17.0. The van der Waals surface area contributed by atoms with Crippen molar-refractivity contribution >= 4 is 51.4 Å². The highest BCUT2D eigenvalue weighted by molar-refractivity contribution is 8.27. The molecule has 0 atom stereocenters. The molecule has 6 nitrogen and oxygen atoms in total. The number of rotatable bonds is 5. The first-order valence-corrected chi connectivity index (χ1v) is 11.5. The van der Waals surface area contributed by atoms with E-state index < -0.39 is 5.91 Å². The highest BCUT2D eigenvalue weighted by Crippen LogP contribution is 2.33. The molecule has 2 aliphatic heterocycles. The minimum atomic E-state index is -0.405. The molecule has 2 aromatic rings. The third-order valence-electron chi connectivity index (χ3n) is 5.64. The Morgan fingerprint density at radius 3 is 2.65 bits per heavy atom. The number of aromatic nitrogens is 1. The highest BCUT2D eigenvalue weighted by Gasteiger charge is 2.37. The van der Waals surface area contributed by atoms with E-state index >= 15 is 0 Å². The molecule has 31 heavy (non-hydrogen) atoms. The van der Waals surface area contributed by atoms with E-state index in [0.29, 0.717) is 16.1 Å². The smallest absolute Gasteiger partial charge is 0.283 e. The van der Waals surface area contributed by atoms with Gasteiger partial charge in [-0.15, -0.1) is 0 Å². The van der Waals surface area contributed by atoms with Crippen molar-refractivity contribution in [1.29, 1.82) is 5.41 Å². The summed E-state index contributed by atoms with van der Waals surface area (Å²) >= 11 is 7.57. The Bertz CT molecular complexity index is 1170. The Morgan fingerprint density at radius 1 is 1.23 bits per heavy atom. The average Bonchev–Trinajstić information content (AvgIpc) is 3.26. The first-order valence-electron chi connectivity index (χ1n) is 10.3. The molecule has 0 bridgehead atoms. The molecule has 1 amide bonds. The number of hydrogen-bond acceptors (Lipinski definition) is 4. The second-order valence-corrected chi connectivity index (χ2v) is 9.04. The number of amides is 1. The Labute approximate surface area is 191 Å². The van der Waals surface area contributed by atoms with Gasteiger partial charge in [0.2, 0.25) is 5.17 Å². The van der Waals surface area contributed by atoms with Crippen molar-refractivity contribution in [3.05, 3.63) is 57.9 Å². The monoisotopic (exact) mass is 453 g/mol. The molecule has 3 heterocycles. The molecular weight excluding hydrogens is 430 g/mol. The van der Waals surface area contributed by atoms with Crippen molar-refractivity contribution in [2.75, 3.05) is 0 Å².